The van der Waals surface area contributed by atoms with Gasteiger partial charge in [0, 0.05) is 30.7 Å². The minimum absolute atomic E-state index is 0.0278. The molecule has 0 bridgehead atoms. The number of aryl methyl sites for hydroxylation is 1. The third-order valence-corrected chi connectivity index (χ3v) is 4.95. The highest BCUT2D eigenvalue weighted by molar-refractivity contribution is 5.59. The molecule has 134 valence electrons. The Hall–Kier alpha value is -2.60. The van der Waals surface area contributed by atoms with E-state index in [1.54, 1.807) is 31.7 Å². The molecule has 1 aliphatic rings. The molecular weight excluding hydrogens is 336 g/mol. The van der Waals surface area contributed by atoms with Crippen LogP contribution < -0.4 is 0 Å². The van der Waals surface area contributed by atoms with Crippen molar-refractivity contribution in [2.45, 2.75) is 19.4 Å². The summed E-state index contributed by atoms with van der Waals surface area (Å²) < 4.78 is 36.5. The number of imidazole rings is 1. The predicted octanol–water partition coefficient (Wildman–Crippen LogP) is 3.96. The normalized spacial score (nSPS) is 19.8. The minimum Gasteiger partial charge on any atom is -0.379 e. The number of aromatic nitrogens is 3. The van der Waals surface area contributed by atoms with Crippen LogP contribution >= 0.6 is 0 Å². The Balaban J connectivity index is 1.70. The highest BCUT2D eigenvalue weighted by atomic mass is 19.1. The molecule has 2 aromatic heterocycles. The van der Waals surface area contributed by atoms with Gasteiger partial charge in [-0.15, -0.1) is 0 Å². The maximum Gasteiger partial charge on any atom is 0.146 e. The number of pyridine rings is 1. The van der Waals surface area contributed by atoms with Crippen molar-refractivity contribution in [2.75, 3.05) is 13.2 Å². The van der Waals surface area contributed by atoms with Gasteiger partial charge < -0.3 is 9.30 Å². The van der Waals surface area contributed by atoms with Crippen molar-refractivity contribution in [3.05, 3.63) is 71.8 Å². The van der Waals surface area contributed by atoms with Gasteiger partial charge in [0.05, 0.1) is 24.8 Å². The Kier molecular flexibility index (Phi) is 4.51. The fourth-order valence-corrected chi connectivity index (χ4v) is 3.55. The molecule has 0 unspecified atom stereocenters. The largest absolute Gasteiger partial charge is 0.379 e. The van der Waals surface area contributed by atoms with Crippen molar-refractivity contribution < 1.29 is 13.5 Å². The molecule has 1 saturated heterocycles. The van der Waals surface area contributed by atoms with Crippen LogP contribution in [0.15, 0.2) is 49.1 Å². The van der Waals surface area contributed by atoms with E-state index in [0.717, 1.165) is 12.0 Å². The van der Waals surface area contributed by atoms with Gasteiger partial charge in [0.25, 0.3) is 0 Å². The second kappa shape index (κ2) is 6.96. The molecule has 0 aliphatic carbocycles. The summed E-state index contributed by atoms with van der Waals surface area (Å²) >= 11 is 0. The molecule has 6 heteroatoms. The number of nitrogens with zero attached hydrogens (tertiary/aromatic N) is 3. The lowest BCUT2D eigenvalue weighted by Gasteiger charge is -2.21. The van der Waals surface area contributed by atoms with Crippen LogP contribution in [0.2, 0.25) is 0 Å². The van der Waals surface area contributed by atoms with E-state index in [9.17, 15) is 8.78 Å². The monoisotopic (exact) mass is 355 g/mol. The first-order valence-corrected chi connectivity index (χ1v) is 8.59. The molecule has 0 saturated carbocycles. The molecule has 3 aromatic rings. The second-order valence-electron chi connectivity index (χ2n) is 6.64. The summed E-state index contributed by atoms with van der Waals surface area (Å²) in [5.74, 6) is -0.674. The number of rotatable bonds is 4. The van der Waals surface area contributed by atoms with Crippen molar-refractivity contribution in [1.29, 1.82) is 0 Å². The van der Waals surface area contributed by atoms with E-state index in [1.807, 2.05) is 16.7 Å². The Morgan fingerprint density at radius 2 is 1.92 bits per heavy atom. The van der Waals surface area contributed by atoms with Gasteiger partial charge >= 0.3 is 0 Å². The predicted molar refractivity (Wildman–Crippen MR) is 93.6 cm³/mol. The van der Waals surface area contributed by atoms with Gasteiger partial charge in [0.2, 0.25) is 0 Å². The zero-order valence-corrected chi connectivity index (χ0v) is 14.4. The Morgan fingerprint density at radius 1 is 1.12 bits per heavy atom. The Bertz CT molecular complexity index is 911. The van der Waals surface area contributed by atoms with Gasteiger partial charge in [-0.3, -0.25) is 4.98 Å². The molecule has 1 aromatic carbocycles. The summed E-state index contributed by atoms with van der Waals surface area (Å²) in [6.07, 6.45) is 7.69. The van der Waals surface area contributed by atoms with Crippen molar-refractivity contribution in [3.8, 4) is 11.4 Å². The van der Waals surface area contributed by atoms with Crippen LogP contribution in [-0.2, 0) is 11.2 Å². The van der Waals surface area contributed by atoms with E-state index in [4.69, 9.17) is 4.74 Å². The molecular formula is C20H19F2N3O. The summed E-state index contributed by atoms with van der Waals surface area (Å²) in [5.41, 5.74) is 1.48. The van der Waals surface area contributed by atoms with Gasteiger partial charge in [-0.05, 0) is 42.7 Å². The van der Waals surface area contributed by atoms with Gasteiger partial charge in [-0.1, -0.05) is 6.07 Å². The number of hydrogen-bond acceptors (Lipinski definition) is 3. The number of hydrogen-bond donors (Lipinski definition) is 0. The smallest absolute Gasteiger partial charge is 0.146 e. The second-order valence-corrected chi connectivity index (χ2v) is 6.64. The van der Waals surface area contributed by atoms with E-state index in [0.29, 0.717) is 24.6 Å². The molecule has 3 heterocycles. The summed E-state index contributed by atoms with van der Waals surface area (Å²) in [6, 6.07) is 6.65. The van der Waals surface area contributed by atoms with Crippen LogP contribution in [0.25, 0.3) is 11.4 Å². The quantitative estimate of drug-likeness (QED) is 0.711. The van der Waals surface area contributed by atoms with Crippen LogP contribution in [0.4, 0.5) is 8.78 Å². The van der Waals surface area contributed by atoms with Crippen LogP contribution in [0.5, 0.6) is 0 Å². The summed E-state index contributed by atoms with van der Waals surface area (Å²) in [7, 11) is 0. The fraction of sp³-hybridized carbons (Fsp3) is 0.300. The van der Waals surface area contributed by atoms with Gasteiger partial charge in [-0.25, -0.2) is 13.8 Å². The molecule has 1 fully saturated rings. The van der Waals surface area contributed by atoms with E-state index in [2.05, 4.69) is 9.97 Å². The van der Waals surface area contributed by atoms with E-state index >= 15 is 0 Å². The lowest BCUT2D eigenvalue weighted by Crippen LogP contribution is -2.20. The fourth-order valence-electron chi connectivity index (χ4n) is 3.55. The number of halogens is 2. The molecule has 4 rings (SSSR count). The Labute approximate surface area is 150 Å². The van der Waals surface area contributed by atoms with Gasteiger partial charge in [0.1, 0.15) is 17.5 Å². The molecule has 26 heavy (non-hydrogen) atoms. The lowest BCUT2D eigenvalue weighted by molar-refractivity contribution is 0.181. The van der Waals surface area contributed by atoms with Gasteiger partial charge in [0.15, 0.2) is 0 Å². The molecule has 2 atom stereocenters. The van der Waals surface area contributed by atoms with E-state index < -0.39 is 11.6 Å². The molecule has 0 N–H and O–H groups in total. The minimum atomic E-state index is -0.606. The first-order valence-electron chi connectivity index (χ1n) is 8.59. The summed E-state index contributed by atoms with van der Waals surface area (Å²) in [4.78, 5) is 8.29. The zero-order chi connectivity index (χ0) is 18.1. The van der Waals surface area contributed by atoms with Crippen LogP contribution in [0, 0.1) is 24.5 Å². The van der Waals surface area contributed by atoms with Crippen LogP contribution in [-0.4, -0.2) is 27.7 Å². The van der Waals surface area contributed by atoms with Crippen LogP contribution in [0.1, 0.15) is 17.2 Å². The topological polar surface area (TPSA) is 39.9 Å². The average Bonchev–Trinajstić information content (AvgIpc) is 3.29. The summed E-state index contributed by atoms with van der Waals surface area (Å²) in [5, 5.41) is 0. The van der Waals surface area contributed by atoms with Crippen molar-refractivity contribution in [2.24, 2.45) is 5.92 Å². The lowest BCUT2D eigenvalue weighted by atomic mass is 9.95. The number of ether oxygens (including phenoxy) is 1. The first kappa shape index (κ1) is 16.8. The average molecular weight is 355 g/mol. The third-order valence-electron chi connectivity index (χ3n) is 4.95. The molecule has 0 amide bonds. The van der Waals surface area contributed by atoms with Crippen LogP contribution in [0.3, 0.4) is 0 Å². The highest BCUT2D eigenvalue weighted by Crippen LogP contribution is 2.34. The van der Waals surface area contributed by atoms with Crippen molar-refractivity contribution >= 4 is 0 Å². The van der Waals surface area contributed by atoms with E-state index in [1.165, 1.54) is 12.1 Å². The maximum absolute atomic E-state index is 14.6. The van der Waals surface area contributed by atoms with E-state index in [-0.39, 0.29) is 17.5 Å². The first-order chi connectivity index (χ1) is 12.6. The SMILES string of the molecule is Cc1ccc(F)c(-c2nccn2[C@@H]2COC[C@@H]2Cc2ccncc2)c1F. The Morgan fingerprint density at radius 3 is 2.73 bits per heavy atom. The zero-order valence-electron chi connectivity index (χ0n) is 14.4. The molecule has 0 radical (unpaired) electrons. The molecule has 4 nitrogen and oxygen atoms in total. The maximum atomic E-state index is 14.6. The van der Waals surface area contributed by atoms with Gasteiger partial charge in [-0.2, -0.15) is 0 Å². The third kappa shape index (κ3) is 3.01. The number of benzene rings is 1. The molecule has 1 aliphatic heterocycles. The van der Waals surface area contributed by atoms with Crippen molar-refractivity contribution in [3.63, 3.8) is 0 Å². The van der Waals surface area contributed by atoms with Crippen molar-refractivity contribution in [1.82, 2.24) is 14.5 Å². The highest BCUT2D eigenvalue weighted by Gasteiger charge is 2.32. The molecule has 0 spiro atoms. The summed E-state index contributed by atoms with van der Waals surface area (Å²) in [6.45, 7) is 2.72. The standard InChI is InChI=1S/C20H19F2N3O/c1-13-2-3-16(21)18(19(13)22)20-24-8-9-25(20)17-12-26-11-15(17)10-14-4-6-23-7-5-14/h2-9,15,17H,10-12H2,1H3/t15-,17+/m0/s1.